The topological polar surface area (TPSA) is 69.5 Å². The van der Waals surface area contributed by atoms with E-state index in [1.54, 1.807) is 24.4 Å². The molecule has 2 fully saturated rings. The number of hydrogen-bond donors (Lipinski definition) is 0. The van der Waals surface area contributed by atoms with Gasteiger partial charge in [0.25, 0.3) is 5.91 Å². The molecule has 0 bridgehead atoms. The van der Waals surface area contributed by atoms with Crippen LogP contribution in [0.3, 0.4) is 0 Å². The van der Waals surface area contributed by atoms with E-state index in [1.165, 1.54) is 6.07 Å². The van der Waals surface area contributed by atoms with Gasteiger partial charge in [-0.2, -0.15) is 18.4 Å². The monoisotopic (exact) mass is 472 g/mol. The Morgan fingerprint density at radius 2 is 2.12 bits per heavy atom. The molecule has 0 saturated carbocycles. The average Bonchev–Trinajstić information content (AvgIpc) is 3.20. The number of hydrogen-bond acceptors (Lipinski definition) is 5. The third-order valence-electron chi connectivity index (χ3n) is 7.02. The van der Waals surface area contributed by atoms with Crippen LogP contribution in [0.25, 0.3) is 0 Å². The van der Waals surface area contributed by atoms with Crippen molar-refractivity contribution >= 4 is 11.6 Å². The molecule has 4 rings (SSSR count). The number of carbonyl (C=O) groups is 1. The Labute approximate surface area is 196 Å². The first-order chi connectivity index (χ1) is 16.2. The second kappa shape index (κ2) is 9.26. The minimum absolute atomic E-state index is 0.0331. The maximum absolute atomic E-state index is 13.5. The van der Waals surface area contributed by atoms with Gasteiger partial charge in [-0.15, -0.1) is 0 Å². The number of benzene rings is 1. The number of rotatable bonds is 5. The maximum Gasteiger partial charge on any atom is 0.417 e. The summed E-state index contributed by atoms with van der Waals surface area (Å²) in [5.74, 6) is -0.0987. The van der Waals surface area contributed by atoms with Gasteiger partial charge in [0.15, 0.2) is 0 Å². The highest BCUT2D eigenvalue weighted by atomic mass is 19.4. The second-order valence-corrected chi connectivity index (χ2v) is 9.09. The number of ether oxygens (including phenoxy) is 1. The van der Waals surface area contributed by atoms with Crippen LogP contribution in [0.5, 0.6) is 0 Å². The van der Waals surface area contributed by atoms with Gasteiger partial charge in [-0.05, 0) is 50.1 Å². The summed E-state index contributed by atoms with van der Waals surface area (Å²) in [5.41, 5.74) is 0.0905. The van der Waals surface area contributed by atoms with Gasteiger partial charge in [0.05, 0.1) is 23.8 Å². The van der Waals surface area contributed by atoms with Gasteiger partial charge in [0, 0.05) is 56.0 Å². The van der Waals surface area contributed by atoms with Crippen LogP contribution in [-0.2, 0) is 10.9 Å². The third kappa shape index (κ3) is 4.47. The highest BCUT2D eigenvalue weighted by molar-refractivity contribution is 5.94. The number of pyridine rings is 1. The molecule has 0 spiro atoms. The van der Waals surface area contributed by atoms with Crippen LogP contribution in [0.4, 0.5) is 18.9 Å². The van der Waals surface area contributed by atoms with E-state index in [4.69, 9.17) is 10.00 Å². The molecule has 180 valence electrons. The Kier molecular flexibility index (Phi) is 6.54. The Bertz CT molecular complexity index is 1110. The summed E-state index contributed by atoms with van der Waals surface area (Å²) in [6, 6.07) is 9.13. The van der Waals surface area contributed by atoms with Crippen molar-refractivity contribution < 1.29 is 22.7 Å². The van der Waals surface area contributed by atoms with Crippen molar-refractivity contribution in [1.82, 2.24) is 9.88 Å². The molecule has 1 aromatic carbocycles. The van der Waals surface area contributed by atoms with Crippen LogP contribution in [0.15, 0.2) is 36.5 Å². The quantitative estimate of drug-likeness (QED) is 0.650. The summed E-state index contributed by atoms with van der Waals surface area (Å²) < 4.78 is 46.3. The fourth-order valence-electron chi connectivity index (χ4n) is 5.13. The van der Waals surface area contributed by atoms with E-state index in [0.29, 0.717) is 57.2 Å². The van der Waals surface area contributed by atoms with Gasteiger partial charge >= 0.3 is 6.18 Å². The van der Waals surface area contributed by atoms with E-state index >= 15 is 0 Å². The predicted molar refractivity (Wildman–Crippen MR) is 120 cm³/mol. The summed E-state index contributed by atoms with van der Waals surface area (Å²) in [6.07, 6.45) is -2.32. The summed E-state index contributed by atoms with van der Waals surface area (Å²) in [4.78, 5) is 21.3. The van der Waals surface area contributed by atoms with E-state index in [1.807, 2.05) is 29.7 Å². The first-order valence-electron chi connectivity index (χ1n) is 11.3. The minimum atomic E-state index is -4.60. The molecule has 3 heterocycles. The number of fused-ring (bicyclic) bond motifs is 1. The Hall–Kier alpha value is -3.12. The van der Waals surface area contributed by atoms with Crippen molar-refractivity contribution in [1.29, 1.82) is 5.26 Å². The number of halogens is 3. The molecule has 0 unspecified atom stereocenters. The van der Waals surface area contributed by atoms with Crippen molar-refractivity contribution in [3.05, 3.63) is 58.9 Å². The molecule has 2 atom stereocenters. The van der Waals surface area contributed by atoms with E-state index in [2.05, 4.69) is 4.98 Å². The van der Waals surface area contributed by atoms with E-state index in [0.717, 1.165) is 11.6 Å². The molecule has 2 aliphatic heterocycles. The average molecular weight is 473 g/mol. The molecule has 0 radical (unpaired) electrons. The molecule has 1 amide bonds. The molecule has 2 aromatic rings. The molecule has 9 heteroatoms. The van der Waals surface area contributed by atoms with Gasteiger partial charge in [-0.3, -0.25) is 9.78 Å². The van der Waals surface area contributed by atoms with Crippen LogP contribution >= 0.6 is 0 Å². The Morgan fingerprint density at radius 1 is 1.32 bits per heavy atom. The summed E-state index contributed by atoms with van der Waals surface area (Å²) in [6.45, 7) is 6.88. The third-order valence-corrected chi connectivity index (χ3v) is 7.02. The minimum Gasteiger partial charge on any atom is -0.381 e. The lowest BCUT2D eigenvalue weighted by atomic mass is 9.73. The normalized spacial score (nSPS) is 22.4. The smallest absolute Gasteiger partial charge is 0.381 e. The zero-order chi connectivity index (χ0) is 24.5. The number of carbonyl (C=O) groups excluding carboxylic acids is 1. The van der Waals surface area contributed by atoms with Crippen molar-refractivity contribution in [3.63, 3.8) is 0 Å². The maximum atomic E-state index is 13.5. The first-order valence-corrected chi connectivity index (χ1v) is 11.3. The number of amides is 1. The molecule has 6 nitrogen and oxygen atoms in total. The van der Waals surface area contributed by atoms with Crippen LogP contribution in [-0.4, -0.2) is 55.2 Å². The number of nitriles is 1. The first kappa shape index (κ1) is 24.0. The molecule has 0 aliphatic carbocycles. The SMILES string of the molecule is CCOC[C@@]12CCN(c3ccc(C#N)c(C(F)(F)F)c3)C[C@@H]1CN(C(=O)c1ncccc1C)C2. The highest BCUT2D eigenvalue weighted by Crippen LogP contribution is 2.45. The van der Waals surface area contributed by atoms with Crippen molar-refractivity contribution in [2.24, 2.45) is 11.3 Å². The van der Waals surface area contributed by atoms with Crippen molar-refractivity contribution in [2.45, 2.75) is 26.4 Å². The summed E-state index contributed by atoms with van der Waals surface area (Å²) >= 11 is 0. The van der Waals surface area contributed by atoms with Gasteiger partial charge in [-0.1, -0.05) is 6.07 Å². The lowest BCUT2D eigenvalue weighted by Crippen LogP contribution is -2.49. The van der Waals surface area contributed by atoms with Crippen LogP contribution in [0.2, 0.25) is 0 Å². The summed E-state index contributed by atoms with van der Waals surface area (Å²) in [7, 11) is 0. The molecule has 2 saturated heterocycles. The number of nitrogens with zero attached hydrogens (tertiary/aromatic N) is 4. The number of piperidine rings is 1. The van der Waals surface area contributed by atoms with Gasteiger partial charge in [0.1, 0.15) is 5.69 Å². The zero-order valence-electron chi connectivity index (χ0n) is 19.2. The number of alkyl halides is 3. The molecular formula is C25H27F3N4O2. The van der Waals surface area contributed by atoms with Gasteiger partial charge in [0.2, 0.25) is 0 Å². The molecule has 0 N–H and O–H groups in total. The fraction of sp³-hybridized carbons (Fsp3) is 0.480. The number of aryl methyl sites for hydroxylation is 1. The standard InChI is InChI=1S/C25H27F3N4O2/c1-3-34-16-24-8-10-31(20-7-6-18(12-29)21(11-20)25(26,27)28)13-19(24)14-32(15-24)23(33)22-17(2)5-4-9-30-22/h4-7,9,11,19H,3,8,10,13-16H2,1-2H3/t19-,24+/m1/s1. The number of anilines is 1. The largest absolute Gasteiger partial charge is 0.417 e. The van der Waals surface area contributed by atoms with Gasteiger partial charge < -0.3 is 14.5 Å². The fourth-order valence-corrected chi connectivity index (χ4v) is 5.13. The number of aromatic nitrogens is 1. The Morgan fingerprint density at radius 3 is 2.79 bits per heavy atom. The highest BCUT2D eigenvalue weighted by Gasteiger charge is 2.51. The second-order valence-electron chi connectivity index (χ2n) is 9.09. The molecule has 1 aromatic heterocycles. The lowest BCUT2D eigenvalue weighted by molar-refractivity contribution is -0.137. The van der Waals surface area contributed by atoms with Crippen LogP contribution < -0.4 is 4.90 Å². The number of likely N-dealkylation sites (tertiary alicyclic amines) is 1. The molecular weight excluding hydrogens is 445 g/mol. The van der Waals surface area contributed by atoms with Crippen LogP contribution in [0, 0.1) is 29.6 Å². The van der Waals surface area contributed by atoms with Crippen LogP contribution in [0.1, 0.15) is 40.5 Å². The lowest BCUT2D eigenvalue weighted by Gasteiger charge is -2.44. The molecule has 2 aliphatic rings. The van der Waals surface area contributed by atoms with Crippen molar-refractivity contribution in [2.75, 3.05) is 44.3 Å². The van der Waals surface area contributed by atoms with Crippen molar-refractivity contribution in [3.8, 4) is 6.07 Å². The van der Waals surface area contributed by atoms with E-state index in [-0.39, 0.29) is 22.8 Å². The Balaban J connectivity index is 1.60. The predicted octanol–water partition coefficient (Wildman–Crippen LogP) is 4.29. The zero-order valence-corrected chi connectivity index (χ0v) is 19.2. The summed E-state index contributed by atoms with van der Waals surface area (Å²) in [5, 5.41) is 9.10. The van der Waals surface area contributed by atoms with E-state index < -0.39 is 11.7 Å². The van der Waals surface area contributed by atoms with E-state index in [9.17, 15) is 18.0 Å². The molecule has 34 heavy (non-hydrogen) atoms. The van der Waals surface area contributed by atoms with Gasteiger partial charge in [-0.25, -0.2) is 0 Å².